The number of hydrogen-bond acceptors (Lipinski definition) is 5. The van der Waals surface area contributed by atoms with Gasteiger partial charge in [0, 0.05) is 37.6 Å². The Balaban J connectivity index is 1.28. The van der Waals surface area contributed by atoms with Crippen LogP contribution in [0.2, 0.25) is 0 Å². The molecule has 1 unspecified atom stereocenters. The van der Waals surface area contributed by atoms with E-state index in [1.807, 2.05) is 84.6 Å². The number of nitrogens with one attached hydrogen (secondary N) is 1. The lowest BCUT2D eigenvalue weighted by Crippen LogP contribution is -2.62. The summed E-state index contributed by atoms with van der Waals surface area (Å²) in [5, 5.41) is 2.69. The molecule has 0 radical (unpaired) electrons. The normalized spacial score (nSPS) is 27.9. The van der Waals surface area contributed by atoms with E-state index in [4.69, 9.17) is 4.74 Å². The molecule has 4 fully saturated rings. The fourth-order valence-corrected chi connectivity index (χ4v) is 8.14. The fourth-order valence-electron chi connectivity index (χ4n) is 8.14. The van der Waals surface area contributed by atoms with Crippen molar-refractivity contribution in [2.45, 2.75) is 44.2 Å². The molecule has 3 aromatic rings. The third kappa shape index (κ3) is 4.59. The monoisotopic (exact) mass is 564 g/mol. The first-order valence-electron chi connectivity index (χ1n) is 14.9. The van der Waals surface area contributed by atoms with Crippen LogP contribution in [0, 0.1) is 23.7 Å². The van der Waals surface area contributed by atoms with Gasteiger partial charge in [0.2, 0.25) is 0 Å². The zero-order valence-electron chi connectivity index (χ0n) is 24.0. The van der Waals surface area contributed by atoms with Crippen molar-refractivity contribution in [3.63, 3.8) is 0 Å². The summed E-state index contributed by atoms with van der Waals surface area (Å²) in [6.45, 7) is 0. The highest BCUT2D eigenvalue weighted by Gasteiger charge is 2.54. The highest BCUT2D eigenvalue weighted by Crippen LogP contribution is 2.56. The van der Waals surface area contributed by atoms with Gasteiger partial charge in [0.15, 0.2) is 6.04 Å². The van der Waals surface area contributed by atoms with Crippen LogP contribution in [0.25, 0.3) is 0 Å². The maximum absolute atomic E-state index is 14.7. The smallest absolute Gasteiger partial charge is 0.410 e. The predicted octanol–water partition coefficient (Wildman–Crippen LogP) is 5.75. The Bertz CT molecular complexity index is 1490. The Kier molecular flexibility index (Phi) is 6.64. The number of nitrogens with zero attached hydrogens (tertiary/aromatic N) is 3. The Morgan fingerprint density at radius 1 is 0.786 bits per heavy atom. The molecule has 1 heterocycles. The van der Waals surface area contributed by atoms with Gasteiger partial charge in [-0.05, 0) is 92.2 Å². The summed E-state index contributed by atoms with van der Waals surface area (Å²) in [6.07, 6.45) is 4.91. The number of benzene rings is 3. The summed E-state index contributed by atoms with van der Waals surface area (Å²) >= 11 is 0. The van der Waals surface area contributed by atoms with Gasteiger partial charge >= 0.3 is 6.09 Å². The van der Waals surface area contributed by atoms with Gasteiger partial charge in [-0.15, -0.1) is 0 Å². The van der Waals surface area contributed by atoms with Crippen molar-refractivity contribution in [3.8, 4) is 5.75 Å². The first-order chi connectivity index (χ1) is 20.4. The van der Waals surface area contributed by atoms with Crippen LogP contribution in [0.5, 0.6) is 5.75 Å². The molecule has 216 valence electrons. The molecule has 8 heteroatoms. The number of ether oxygens (including phenoxy) is 1. The van der Waals surface area contributed by atoms with Gasteiger partial charge in [-0.2, -0.15) is 0 Å². The van der Waals surface area contributed by atoms with Gasteiger partial charge in [-0.3, -0.25) is 14.5 Å². The highest BCUT2D eigenvalue weighted by molar-refractivity contribution is 6.23. The van der Waals surface area contributed by atoms with Gasteiger partial charge < -0.3 is 19.9 Å². The van der Waals surface area contributed by atoms with Crippen LogP contribution in [0.3, 0.4) is 0 Å². The number of fused-ring (bicyclic) bond motifs is 1. The number of hydrogen-bond donors (Lipinski definition) is 1. The Morgan fingerprint density at radius 2 is 1.43 bits per heavy atom. The molecule has 4 bridgehead atoms. The molecule has 42 heavy (non-hydrogen) atoms. The molecule has 8 nitrogen and oxygen atoms in total. The minimum absolute atomic E-state index is 0.00735. The zero-order valence-corrected chi connectivity index (χ0v) is 24.0. The van der Waals surface area contributed by atoms with E-state index in [1.165, 1.54) is 6.42 Å². The number of rotatable bonds is 5. The summed E-state index contributed by atoms with van der Waals surface area (Å²) in [7, 11) is 3.80. The van der Waals surface area contributed by atoms with E-state index in [1.54, 1.807) is 23.1 Å². The van der Waals surface area contributed by atoms with Crippen LogP contribution in [-0.2, 0) is 9.59 Å². The third-order valence-electron chi connectivity index (χ3n) is 9.63. The number of carbonyl (C=O) groups is 3. The second-order valence-electron chi connectivity index (χ2n) is 12.5. The molecular formula is C34H36N4O4. The number of anilines is 4. The predicted molar refractivity (Wildman–Crippen MR) is 162 cm³/mol. The summed E-state index contributed by atoms with van der Waals surface area (Å²) in [5.41, 5.74) is 2.86. The first kappa shape index (κ1) is 26.6. The van der Waals surface area contributed by atoms with Crippen LogP contribution in [0.15, 0.2) is 78.9 Å². The highest BCUT2D eigenvalue weighted by atomic mass is 16.6. The second-order valence-corrected chi connectivity index (χ2v) is 12.5. The maximum Gasteiger partial charge on any atom is 0.413 e. The molecule has 4 aliphatic carbocycles. The fraction of sp³-hybridized carbons (Fsp3) is 0.382. The quantitative estimate of drug-likeness (QED) is 0.400. The average molecular weight is 565 g/mol. The van der Waals surface area contributed by atoms with Gasteiger partial charge in [0.1, 0.15) is 5.75 Å². The van der Waals surface area contributed by atoms with Gasteiger partial charge in [-0.1, -0.05) is 36.4 Å². The average Bonchev–Trinajstić information content (AvgIpc) is 3.06. The first-order valence-corrected chi connectivity index (χ1v) is 14.9. The van der Waals surface area contributed by atoms with E-state index >= 15 is 0 Å². The van der Waals surface area contributed by atoms with Crippen molar-refractivity contribution in [2.75, 3.05) is 28.8 Å². The standard InChI is InChI=1S/C34H36N4O4/c1-36(2)26-11-8-12-27(20-26)42-34(41)35-30-32(39)37(25-9-4-3-5-10-25)28-13-6-7-14-29(28)38(33(30)40)31-23-16-21-15-22(18-23)19-24(31)17-21/h3-14,20-24,30-31H,15-19H2,1-2H3,(H,35,41). The lowest BCUT2D eigenvalue weighted by Gasteiger charge is -2.57. The van der Waals surface area contributed by atoms with E-state index in [2.05, 4.69) is 5.32 Å². The Morgan fingerprint density at radius 3 is 2.10 bits per heavy atom. The van der Waals surface area contributed by atoms with E-state index in [9.17, 15) is 14.4 Å². The van der Waals surface area contributed by atoms with Crippen LogP contribution in [-0.4, -0.2) is 44.1 Å². The lowest BCUT2D eigenvalue weighted by atomic mass is 9.53. The summed E-state index contributed by atoms with van der Waals surface area (Å²) < 4.78 is 5.62. The van der Waals surface area contributed by atoms with E-state index < -0.39 is 23.9 Å². The molecule has 3 amide bonds. The van der Waals surface area contributed by atoms with Crippen LogP contribution in [0.1, 0.15) is 32.1 Å². The molecule has 0 aromatic heterocycles. The zero-order chi connectivity index (χ0) is 29.0. The third-order valence-corrected chi connectivity index (χ3v) is 9.63. The van der Waals surface area contributed by atoms with Crippen molar-refractivity contribution in [1.82, 2.24) is 5.32 Å². The van der Waals surface area contributed by atoms with Crippen LogP contribution in [0.4, 0.5) is 27.5 Å². The van der Waals surface area contributed by atoms with Gasteiger partial charge in [0.25, 0.3) is 11.8 Å². The Labute approximate surface area is 246 Å². The van der Waals surface area contributed by atoms with E-state index in [0.29, 0.717) is 34.6 Å². The van der Waals surface area contributed by atoms with E-state index in [-0.39, 0.29) is 6.04 Å². The largest absolute Gasteiger partial charge is 0.413 e. The Hall–Kier alpha value is -4.33. The SMILES string of the molecule is CN(C)c1cccc(OC(=O)NC2C(=O)N(c3ccccc3)c3ccccc3N(C3C4CC5CC(C4)CC3C5)C2=O)c1. The summed E-state index contributed by atoms with van der Waals surface area (Å²) in [4.78, 5) is 47.7. The molecule has 0 saturated heterocycles. The van der Waals surface area contributed by atoms with Crippen molar-refractivity contribution >= 4 is 40.7 Å². The van der Waals surface area contributed by atoms with E-state index in [0.717, 1.165) is 43.2 Å². The maximum atomic E-state index is 14.7. The molecule has 0 spiro atoms. The molecule has 1 aliphatic heterocycles. The van der Waals surface area contributed by atoms with Crippen LogP contribution < -0.4 is 24.8 Å². The van der Waals surface area contributed by atoms with Crippen molar-refractivity contribution in [3.05, 3.63) is 78.9 Å². The minimum Gasteiger partial charge on any atom is -0.410 e. The number of carbonyl (C=O) groups excluding carboxylic acids is 3. The molecule has 1 N–H and O–H groups in total. The number of para-hydroxylation sites is 3. The molecule has 8 rings (SSSR count). The second kappa shape index (κ2) is 10.5. The molecule has 4 saturated carbocycles. The lowest BCUT2D eigenvalue weighted by molar-refractivity contribution is -0.130. The summed E-state index contributed by atoms with van der Waals surface area (Å²) in [6, 6.07) is 22.6. The van der Waals surface area contributed by atoms with Crippen molar-refractivity contribution in [2.24, 2.45) is 23.7 Å². The minimum atomic E-state index is -1.45. The molecule has 5 aliphatic rings. The molecular weight excluding hydrogens is 528 g/mol. The van der Waals surface area contributed by atoms with Crippen molar-refractivity contribution in [1.29, 1.82) is 0 Å². The topological polar surface area (TPSA) is 82.2 Å². The van der Waals surface area contributed by atoms with Crippen LogP contribution >= 0.6 is 0 Å². The molecule has 1 atom stereocenters. The van der Waals surface area contributed by atoms with Gasteiger partial charge in [-0.25, -0.2) is 4.79 Å². The molecule has 3 aromatic carbocycles. The van der Waals surface area contributed by atoms with Gasteiger partial charge in [0.05, 0.1) is 11.4 Å². The van der Waals surface area contributed by atoms with Crippen molar-refractivity contribution < 1.29 is 19.1 Å². The number of amides is 3. The summed E-state index contributed by atoms with van der Waals surface area (Å²) in [5.74, 6) is 1.64.